The first-order valence-electron chi connectivity index (χ1n) is 11.6. The number of nitrogens with zero attached hydrogens (tertiary/aromatic N) is 3. The van der Waals surface area contributed by atoms with Gasteiger partial charge in [0.15, 0.2) is 5.96 Å². The predicted octanol–water partition coefficient (Wildman–Crippen LogP) is 3.87. The van der Waals surface area contributed by atoms with Crippen molar-refractivity contribution in [3.05, 3.63) is 29.8 Å². The van der Waals surface area contributed by atoms with E-state index in [0.29, 0.717) is 57.4 Å². The maximum Gasteiger partial charge on any atom is 0.222 e. The molecular formula is C24H40IN5O2. The second-order valence-electron chi connectivity index (χ2n) is 8.62. The highest BCUT2D eigenvalue weighted by molar-refractivity contribution is 14.0. The Labute approximate surface area is 210 Å². The molecule has 180 valence electrons. The molecule has 1 aliphatic heterocycles. The minimum atomic E-state index is 0. The molecule has 2 rings (SSSR count). The summed E-state index contributed by atoms with van der Waals surface area (Å²) < 4.78 is 0. The number of hydrogen-bond acceptors (Lipinski definition) is 3. The van der Waals surface area contributed by atoms with Gasteiger partial charge >= 0.3 is 0 Å². The van der Waals surface area contributed by atoms with Gasteiger partial charge in [-0.05, 0) is 42.9 Å². The van der Waals surface area contributed by atoms with E-state index in [1.807, 2.05) is 21.9 Å². The zero-order valence-electron chi connectivity index (χ0n) is 19.8. The molecule has 0 aliphatic carbocycles. The van der Waals surface area contributed by atoms with Crippen molar-refractivity contribution in [2.45, 2.75) is 59.3 Å². The Balaban J connectivity index is 0.00000512. The molecule has 0 atom stereocenters. The van der Waals surface area contributed by atoms with Crippen LogP contribution < -0.4 is 11.1 Å². The second kappa shape index (κ2) is 15.1. The lowest BCUT2D eigenvalue weighted by Crippen LogP contribution is -2.50. The number of nitrogens with one attached hydrogen (secondary N) is 1. The monoisotopic (exact) mass is 557 g/mol. The third kappa shape index (κ3) is 10.2. The first-order chi connectivity index (χ1) is 14.9. The van der Waals surface area contributed by atoms with Crippen LogP contribution in [0.1, 0.15) is 58.4 Å². The van der Waals surface area contributed by atoms with E-state index >= 15 is 0 Å². The van der Waals surface area contributed by atoms with Crippen molar-refractivity contribution < 1.29 is 9.59 Å². The lowest BCUT2D eigenvalue weighted by molar-refractivity contribution is -0.140. The second-order valence-corrected chi connectivity index (χ2v) is 8.62. The van der Waals surface area contributed by atoms with Crippen LogP contribution in [-0.4, -0.2) is 60.3 Å². The Bertz CT molecular complexity index is 746. The molecule has 1 fully saturated rings. The lowest BCUT2D eigenvalue weighted by Gasteiger charge is -2.35. The number of carbonyl (C=O) groups excluding carboxylic acids is 2. The maximum absolute atomic E-state index is 12.4. The van der Waals surface area contributed by atoms with Gasteiger partial charge in [0.05, 0.1) is 0 Å². The topological polar surface area (TPSA) is 91.0 Å². The number of hydrogen-bond donors (Lipinski definition) is 2. The van der Waals surface area contributed by atoms with Gasteiger partial charge in [-0.1, -0.05) is 39.3 Å². The molecule has 0 spiro atoms. The van der Waals surface area contributed by atoms with Crippen LogP contribution in [0.25, 0.3) is 0 Å². The third-order valence-corrected chi connectivity index (χ3v) is 5.51. The van der Waals surface area contributed by atoms with E-state index in [2.05, 4.69) is 43.2 Å². The van der Waals surface area contributed by atoms with Crippen LogP contribution in [0.5, 0.6) is 0 Å². The van der Waals surface area contributed by atoms with Gasteiger partial charge in [0.1, 0.15) is 0 Å². The normalized spacial score (nSPS) is 14.3. The zero-order chi connectivity index (χ0) is 22.6. The summed E-state index contributed by atoms with van der Waals surface area (Å²) in [6.45, 7) is 9.48. The highest BCUT2D eigenvalue weighted by atomic mass is 127. The first-order valence-corrected chi connectivity index (χ1v) is 11.6. The van der Waals surface area contributed by atoms with Crippen molar-refractivity contribution in [1.82, 2.24) is 9.80 Å². The molecule has 1 aliphatic rings. The van der Waals surface area contributed by atoms with Crippen molar-refractivity contribution in [3.8, 4) is 0 Å². The summed E-state index contributed by atoms with van der Waals surface area (Å²) in [4.78, 5) is 32.7. The summed E-state index contributed by atoms with van der Waals surface area (Å²) in [6, 6.07) is 8.15. The van der Waals surface area contributed by atoms with Crippen molar-refractivity contribution in [3.63, 3.8) is 0 Å². The summed E-state index contributed by atoms with van der Waals surface area (Å²) >= 11 is 0. The zero-order valence-corrected chi connectivity index (χ0v) is 22.1. The van der Waals surface area contributed by atoms with E-state index in [9.17, 15) is 9.59 Å². The fraction of sp³-hybridized carbons (Fsp3) is 0.625. The molecule has 2 amide bonds. The molecule has 1 heterocycles. The van der Waals surface area contributed by atoms with Gasteiger partial charge in [-0.15, -0.1) is 24.0 Å². The van der Waals surface area contributed by atoms with Crippen molar-refractivity contribution >= 4 is 47.4 Å². The molecule has 3 N–H and O–H groups in total. The summed E-state index contributed by atoms with van der Waals surface area (Å²) in [5, 5.41) is 3.13. The first kappa shape index (κ1) is 28.2. The molecule has 0 bridgehead atoms. The molecule has 1 saturated heterocycles. The molecule has 8 heteroatoms. The minimum absolute atomic E-state index is 0. The van der Waals surface area contributed by atoms with E-state index in [4.69, 9.17) is 5.73 Å². The minimum Gasteiger partial charge on any atom is -0.370 e. The summed E-state index contributed by atoms with van der Waals surface area (Å²) in [7, 11) is 0. The average Bonchev–Trinajstić information content (AvgIpc) is 2.75. The summed E-state index contributed by atoms with van der Waals surface area (Å²) in [5.41, 5.74) is 8.18. The van der Waals surface area contributed by atoms with Crippen LogP contribution in [0, 0.1) is 5.92 Å². The van der Waals surface area contributed by atoms with Gasteiger partial charge in [-0.2, -0.15) is 0 Å². The number of rotatable bonds is 10. The predicted molar refractivity (Wildman–Crippen MR) is 142 cm³/mol. The number of aryl methyl sites for hydroxylation is 1. The van der Waals surface area contributed by atoms with Crippen LogP contribution in [-0.2, 0) is 16.0 Å². The van der Waals surface area contributed by atoms with E-state index in [1.165, 1.54) is 5.56 Å². The number of guanidine groups is 1. The molecular weight excluding hydrogens is 517 g/mol. The fourth-order valence-corrected chi connectivity index (χ4v) is 3.66. The largest absolute Gasteiger partial charge is 0.370 e. The highest BCUT2D eigenvalue weighted by Gasteiger charge is 2.23. The van der Waals surface area contributed by atoms with Crippen molar-refractivity contribution in [2.75, 3.05) is 38.0 Å². The van der Waals surface area contributed by atoms with Crippen LogP contribution in [0.2, 0.25) is 0 Å². The Morgan fingerprint density at radius 2 is 1.72 bits per heavy atom. The number of halogens is 1. The van der Waals surface area contributed by atoms with E-state index in [-0.39, 0.29) is 35.8 Å². The maximum atomic E-state index is 12.4. The van der Waals surface area contributed by atoms with Gasteiger partial charge < -0.3 is 20.9 Å². The van der Waals surface area contributed by atoms with Crippen molar-refractivity contribution in [1.29, 1.82) is 0 Å². The van der Waals surface area contributed by atoms with Crippen molar-refractivity contribution in [2.24, 2.45) is 16.6 Å². The van der Waals surface area contributed by atoms with Crippen LogP contribution >= 0.6 is 24.0 Å². The van der Waals surface area contributed by atoms with E-state index < -0.39 is 0 Å². The summed E-state index contributed by atoms with van der Waals surface area (Å²) in [6.07, 6.45) is 4.83. The molecule has 32 heavy (non-hydrogen) atoms. The Kier molecular flexibility index (Phi) is 13.3. The number of amides is 2. The molecule has 7 nitrogen and oxygen atoms in total. The number of aliphatic imine (C=N–C) groups is 1. The third-order valence-electron chi connectivity index (χ3n) is 5.51. The van der Waals surface area contributed by atoms with Gasteiger partial charge in [0.2, 0.25) is 11.8 Å². The molecule has 0 radical (unpaired) electrons. The number of anilines is 1. The quantitative estimate of drug-likeness (QED) is 0.198. The highest BCUT2D eigenvalue weighted by Crippen LogP contribution is 2.12. The van der Waals surface area contributed by atoms with Crippen LogP contribution in [0.3, 0.4) is 0 Å². The van der Waals surface area contributed by atoms with Gasteiger partial charge in [-0.25, -0.2) is 0 Å². The summed E-state index contributed by atoms with van der Waals surface area (Å²) in [5.74, 6) is 1.19. The standard InChI is InChI=1S/C24H39N5O2.HI/c1-4-20-9-8-10-21(18-20)27-24(25)26-12-7-5-6-11-22(30)28-13-15-29(16-14-28)23(31)17-19(2)3;/h8-10,18-19H,4-7,11-17H2,1-3H3,(H3,25,26,27);1H. The van der Waals surface area contributed by atoms with Gasteiger partial charge in [-0.3, -0.25) is 14.6 Å². The Hall–Kier alpha value is -1.84. The number of carbonyl (C=O) groups is 2. The number of benzene rings is 1. The Morgan fingerprint density at radius 3 is 2.34 bits per heavy atom. The Morgan fingerprint density at radius 1 is 1.06 bits per heavy atom. The van der Waals surface area contributed by atoms with E-state index in [1.54, 1.807) is 0 Å². The van der Waals surface area contributed by atoms with Crippen LogP contribution in [0.4, 0.5) is 5.69 Å². The molecule has 0 saturated carbocycles. The molecule has 1 aromatic carbocycles. The number of piperazine rings is 1. The van der Waals surface area contributed by atoms with Gasteiger partial charge in [0.25, 0.3) is 0 Å². The molecule has 0 unspecified atom stereocenters. The van der Waals surface area contributed by atoms with Crippen LogP contribution in [0.15, 0.2) is 29.3 Å². The molecule has 0 aromatic heterocycles. The number of nitrogens with two attached hydrogens (primary N) is 1. The SMILES string of the molecule is CCc1cccc(NC(N)=NCCCCCC(=O)N2CCN(C(=O)CC(C)C)CC2)c1.I. The lowest BCUT2D eigenvalue weighted by atomic mass is 10.1. The number of unbranched alkanes of at least 4 members (excludes halogenated alkanes) is 2. The van der Waals surface area contributed by atoms with Gasteiger partial charge in [0, 0.05) is 51.3 Å². The average molecular weight is 558 g/mol. The smallest absolute Gasteiger partial charge is 0.222 e. The molecule has 1 aromatic rings. The van der Waals surface area contributed by atoms with E-state index in [0.717, 1.165) is 31.4 Å². The fourth-order valence-electron chi connectivity index (χ4n) is 3.66.